The summed E-state index contributed by atoms with van der Waals surface area (Å²) >= 11 is 0. The summed E-state index contributed by atoms with van der Waals surface area (Å²) in [4.78, 5) is 17.7. The molecule has 0 aliphatic carbocycles. The Labute approximate surface area is 149 Å². The van der Waals surface area contributed by atoms with Gasteiger partial charge in [0.15, 0.2) is 11.5 Å². The molecule has 1 aliphatic heterocycles. The molecule has 5 heteroatoms. The summed E-state index contributed by atoms with van der Waals surface area (Å²) in [6, 6.07) is 20.7. The van der Waals surface area contributed by atoms with Crippen molar-refractivity contribution in [1.29, 1.82) is 0 Å². The summed E-state index contributed by atoms with van der Waals surface area (Å²) in [5, 5.41) is 0.988. The average molecular weight is 342 g/mol. The first-order valence-corrected chi connectivity index (χ1v) is 8.27. The van der Waals surface area contributed by atoms with Crippen LogP contribution in [0.4, 0.5) is 0 Å². The molecule has 0 saturated heterocycles. The van der Waals surface area contributed by atoms with Crippen LogP contribution in [0.1, 0.15) is 16.1 Å². The van der Waals surface area contributed by atoms with E-state index in [1.807, 2.05) is 53.1 Å². The van der Waals surface area contributed by atoms with Crippen molar-refractivity contribution < 1.29 is 14.3 Å². The van der Waals surface area contributed by atoms with E-state index in [9.17, 15) is 4.79 Å². The van der Waals surface area contributed by atoms with Crippen molar-refractivity contribution in [2.75, 3.05) is 6.79 Å². The van der Waals surface area contributed by atoms with E-state index in [0.717, 1.165) is 10.9 Å². The molecule has 0 unspecified atom stereocenters. The summed E-state index contributed by atoms with van der Waals surface area (Å²) in [5.74, 6) is 1.87. The molecule has 0 amide bonds. The van der Waals surface area contributed by atoms with Gasteiger partial charge < -0.3 is 9.47 Å². The molecule has 0 fully saturated rings. The van der Waals surface area contributed by atoms with Crippen LogP contribution >= 0.6 is 0 Å². The third kappa shape index (κ3) is 2.25. The standard InChI is InChI=1S/C21H14N2O3/c24-21(15-8-9-18-19(12-15)26-13-25-18)17-11-14-5-1-2-6-16(14)23(17)20-7-3-4-10-22-20/h1-12H,13H2. The van der Waals surface area contributed by atoms with E-state index in [1.54, 1.807) is 24.4 Å². The molecule has 0 radical (unpaired) electrons. The molecular formula is C21H14N2O3. The van der Waals surface area contributed by atoms with Crippen LogP contribution in [0.5, 0.6) is 11.5 Å². The van der Waals surface area contributed by atoms with Gasteiger partial charge in [0.2, 0.25) is 12.6 Å². The van der Waals surface area contributed by atoms with Gasteiger partial charge in [-0.2, -0.15) is 0 Å². The number of para-hydroxylation sites is 1. The number of carbonyl (C=O) groups is 1. The van der Waals surface area contributed by atoms with Crippen molar-refractivity contribution >= 4 is 16.7 Å². The minimum absolute atomic E-state index is 0.0925. The van der Waals surface area contributed by atoms with Gasteiger partial charge in [-0.05, 0) is 42.5 Å². The molecule has 5 nitrogen and oxygen atoms in total. The molecule has 26 heavy (non-hydrogen) atoms. The molecule has 0 atom stereocenters. The van der Waals surface area contributed by atoms with Gasteiger partial charge in [-0.3, -0.25) is 9.36 Å². The Kier molecular flexibility index (Phi) is 3.25. The third-order valence-electron chi connectivity index (χ3n) is 4.46. The zero-order valence-electron chi connectivity index (χ0n) is 13.8. The van der Waals surface area contributed by atoms with Crippen LogP contribution in [0, 0.1) is 0 Å². The highest BCUT2D eigenvalue weighted by atomic mass is 16.7. The van der Waals surface area contributed by atoms with E-state index in [0.29, 0.717) is 28.6 Å². The molecule has 4 aromatic rings. The Morgan fingerprint density at radius 3 is 2.65 bits per heavy atom. The fourth-order valence-corrected chi connectivity index (χ4v) is 3.24. The van der Waals surface area contributed by atoms with E-state index in [4.69, 9.17) is 9.47 Å². The molecule has 1 aliphatic rings. The number of carbonyl (C=O) groups excluding carboxylic acids is 1. The van der Waals surface area contributed by atoms with Crippen molar-refractivity contribution in [2.24, 2.45) is 0 Å². The molecule has 2 aromatic heterocycles. The fraction of sp³-hybridized carbons (Fsp3) is 0.0476. The SMILES string of the molecule is O=C(c1ccc2c(c1)OCO2)c1cc2ccccc2n1-c1ccccn1. The Hall–Kier alpha value is -3.60. The van der Waals surface area contributed by atoms with Crippen LogP contribution in [0.3, 0.4) is 0 Å². The molecule has 3 heterocycles. The van der Waals surface area contributed by atoms with Crippen LogP contribution in [0.15, 0.2) is 72.9 Å². The number of aromatic nitrogens is 2. The van der Waals surface area contributed by atoms with E-state index < -0.39 is 0 Å². The number of benzene rings is 2. The lowest BCUT2D eigenvalue weighted by Gasteiger charge is -2.09. The smallest absolute Gasteiger partial charge is 0.231 e. The molecule has 126 valence electrons. The zero-order chi connectivity index (χ0) is 17.5. The van der Waals surface area contributed by atoms with Crippen LogP contribution < -0.4 is 9.47 Å². The summed E-state index contributed by atoms with van der Waals surface area (Å²) in [6.07, 6.45) is 1.72. The molecule has 5 rings (SSSR count). The molecule has 0 saturated carbocycles. The lowest BCUT2D eigenvalue weighted by Crippen LogP contribution is -2.09. The predicted molar refractivity (Wildman–Crippen MR) is 97.1 cm³/mol. The lowest BCUT2D eigenvalue weighted by atomic mass is 10.1. The second kappa shape index (κ2) is 5.74. The van der Waals surface area contributed by atoms with Gasteiger partial charge in [0.1, 0.15) is 5.82 Å². The minimum atomic E-state index is -0.0925. The second-order valence-corrected chi connectivity index (χ2v) is 6.01. The number of hydrogen-bond donors (Lipinski definition) is 0. The number of hydrogen-bond acceptors (Lipinski definition) is 4. The highest BCUT2D eigenvalue weighted by Gasteiger charge is 2.21. The van der Waals surface area contributed by atoms with Gasteiger partial charge in [0, 0.05) is 17.1 Å². The molecule has 2 aromatic carbocycles. The minimum Gasteiger partial charge on any atom is -0.454 e. The topological polar surface area (TPSA) is 53.4 Å². The monoisotopic (exact) mass is 342 g/mol. The number of fused-ring (bicyclic) bond motifs is 2. The Balaban J connectivity index is 1.70. The Morgan fingerprint density at radius 2 is 1.77 bits per heavy atom. The summed E-state index contributed by atoms with van der Waals surface area (Å²) in [6.45, 7) is 0.182. The van der Waals surface area contributed by atoms with Crippen LogP contribution in [-0.2, 0) is 0 Å². The maximum absolute atomic E-state index is 13.3. The summed E-state index contributed by atoms with van der Waals surface area (Å²) < 4.78 is 12.6. The van der Waals surface area contributed by atoms with Gasteiger partial charge in [-0.1, -0.05) is 24.3 Å². The second-order valence-electron chi connectivity index (χ2n) is 6.01. The highest BCUT2D eigenvalue weighted by Crippen LogP contribution is 2.34. The number of pyridine rings is 1. The fourth-order valence-electron chi connectivity index (χ4n) is 3.24. The van der Waals surface area contributed by atoms with Crippen molar-refractivity contribution in [2.45, 2.75) is 0 Å². The first-order chi connectivity index (χ1) is 12.8. The van der Waals surface area contributed by atoms with Crippen LogP contribution in [0.25, 0.3) is 16.7 Å². The number of nitrogens with zero attached hydrogens (tertiary/aromatic N) is 2. The van der Waals surface area contributed by atoms with Crippen molar-refractivity contribution in [3.8, 4) is 17.3 Å². The quantitative estimate of drug-likeness (QED) is 0.528. The lowest BCUT2D eigenvalue weighted by molar-refractivity contribution is 0.103. The molecule has 0 spiro atoms. The largest absolute Gasteiger partial charge is 0.454 e. The maximum atomic E-state index is 13.3. The van der Waals surface area contributed by atoms with Gasteiger partial charge in [0.25, 0.3) is 0 Å². The van der Waals surface area contributed by atoms with Gasteiger partial charge >= 0.3 is 0 Å². The first kappa shape index (κ1) is 14.7. The van der Waals surface area contributed by atoms with Crippen LogP contribution in [0.2, 0.25) is 0 Å². The Bertz CT molecular complexity index is 1130. The van der Waals surface area contributed by atoms with Gasteiger partial charge in [-0.25, -0.2) is 4.98 Å². The predicted octanol–water partition coefficient (Wildman–Crippen LogP) is 3.99. The van der Waals surface area contributed by atoms with Gasteiger partial charge in [0.05, 0.1) is 11.2 Å². The van der Waals surface area contributed by atoms with Crippen molar-refractivity contribution in [1.82, 2.24) is 9.55 Å². The normalized spacial score (nSPS) is 12.5. The van der Waals surface area contributed by atoms with E-state index in [2.05, 4.69) is 4.98 Å². The van der Waals surface area contributed by atoms with Crippen molar-refractivity contribution in [3.63, 3.8) is 0 Å². The number of ether oxygens (including phenoxy) is 2. The summed E-state index contributed by atoms with van der Waals surface area (Å²) in [7, 11) is 0. The Morgan fingerprint density at radius 1 is 0.923 bits per heavy atom. The number of rotatable bonds is 3. The highest BCUT2D eigenvalue weighted by molar-refractivity contribution is 6.11. The van der Waals surface area contributed by atoms with Crippen molar-refractivity contribution in [3.05, 3.63) is 84.2 Å². The molecule has 0 bridgehead atoms. The van der Waals surface area contributed by atoms with Crippen LogP contribution in [-0.4, -0.2) is 22.1 Å². The van der Waals surface area contributed by atoms with E-state index in [1.165, 1.54) is 0 Å². The number of ketones is 1. The van der Waals surface area contributed by atoms with E-state index in [-0.39, 0.29) is 12.6 Å². The maximum Gasteiger partial charge on any atom is 0.231 e. The molecular weight excluding hydrogens is 328 g/mol. The van der Waals surface area contributed by atoms with Gasteiger partial charge in [-0.15, -0.1) is 0 Å². The summed E-state index contributed by atoms with van der Waals surface area (Å²) in [5.41, 5.74) is 2.05. The first-order valence-electron chi connectivity index (χ1n) is 8.27. The zero-order valence-corrected chi connectivity index (χ0v) is 13.8. The average Bonchev–Trinajstić information content (AvgIpc) is 3.31. The third-order valence-corrected chi connectivity index (χ3v) is 4.46. The molecule has 0 N–H and O–H groups in total. The van der Waals surface area contributed by atoms with E-state index >= 15 is 0 Å².